The summed E-state index contributed by atoms with van der Waals surface area (Å²) in [6, 6.07) is 0. The van der Waals surface area contributed by atoms with Crippen LogP contribution in [0.5, 0.6) is 0 Å². The van der Waals surface area contributed by atoms with E-state index >= 15 is 0 Å². The molecule has 0 saturated carbocycles. The topological polar surface area (TPSA) is 66.2 Å². The van der Waals surface area contributed by atoms with Gasteiger partial charge in [0.2, 0.25) is 0 Å². The normalized spacial score (nSPS) is 12.5. The molecule has 1 rings (SSSR count). The highest BCUT2D eigenvalue weighted by Gasteiger charge is 2.19. The molecule has 0 spiro atoms. The maximum Gasteiger partial charge on any atom is 0.360 e. The number of aromatic nitrogens is 3. The maximum absolute atomic E-state index is 11.4. The van der Waals surface area contributed by atoms with Gasteiger partial charge in [-0.2, -0.15) is 0 Å². The van der Waals surface area contributed by atoms with Gasteiger partial charge in [0.1, 0.15) is 0 Å². The van der Waals surface area contributed by atoms with Crippen LogP contribution in [-0.2, 0) is 22.4 Å². The van der Waals surface area contributed by atoms with Crippen molar-refractivity contribution in [2.75, 3.05) is 14.2 Å². The van der Waals surface area contributed by atoms with Gasteiger partial charge in [-0.25, -0.2) is 9.48 Å². The van der Waals surface area contributed by atoms with Crippen molar-refractivity contribution < 1.29 is 14.3 Å². The first-order valence-corrected chi connectivity index (χ1v) is 5.17. The van der Waals surface area contributed by atoms with Crippen LogP contribution < -0.4 is 0 Å². The van der Waals surface area contributed by atoms with Crippen LogP contribution in [0.1, 0.15) is 30.0 Å². The molecule has 90 valence electrons. The van der Waals surface area contributed by atoms with E-state index < -0.39 is 5.97 Å². The Morgan fingerprint density at radius 1 is 1.50 bits per heavy atom. The molecule has 0 fully saturated rings. The van der Waals surface area contributed by atoms with Gasteiger partial charge in [-0.3, -0.25) is 0 Å². The van der Waals surface area contributed by atoms with Crippen LogP contribution in [0, 0.1) is 0 Å². The van der Waals surface area contributed by atoms with E-state index in [0.717, 1.165) is 5.69 Å². The van der Waals surface area contributed by atoms with Gasteiger partial charge in [-0.15, -0.1) is 5.10 Å². The molecule has 6 heteroatoms. The lowest BCUT2D eigenvalue weighted by Crippen LogP contribution is -2.18. The third-order valence-electron chi connectivity index (χ3n) is 2.38. The highest BCUT2D eigenvalue weighted by Crippen LogP contribution is 2.09. The molecule has 16 heavy (non-hydrogen) atoms. The first-order chi connectivity index (χ1) is 7.63. The monoisotopic (exact) mass is 227 g/mol. The van der Waals surface area contributed by atoms with E-state index in [1.807, 2.05) is 13.8 Å². The molecule has 1 heterocycles. The predicted molar refractivity (Wildman–Crippen MR) is 57.2 cm³/mol. The fourth-order valence-corrected chi connectivity index (χ4v) is 1.40. The fraction of sp³-hybridized carbons (Fsp3) is 0.700. The van der Waals surface area contributed by atoms with Gasteiger partial charge in [0.05, 0.1) is 25.5 Å². The van der Waals surface area contributed by atoms with Crippen molar-refractivity contribution in [3.05, 3.63) is 11.4 Å². The number of hydrogen-bond acceptors (Lipinski definition) is 5. The summed E-state index contributed by atoms with van der Waals surface area (Å²) in [6.07, 6.45) is 0.700. The zero-order valence-corrected chi connectivity index (χ0v) is 10.1. The molecule has 6 nitrogen and oxygen atoms in total. The quantitative estimate of drug-likeness (QED) is 0.691. The van der Waals surface area contributed by atoms with Crippen molar-refractivity contribution in [2.45, 2.75) is 32.9 Å². The molecular formula is C10H17N3O3. The van der Waals surface area contributed by atoms with E-state index in [4.69, 9.17) is 4.74 Å². The molecular weight excluding hydrogens is 210 g/mol. The number of carbonyl (C=O) groups excluding carboxylic acids is 1. The number of hydrogen-bond donors (Lipinski definition) is 0. The predicted octanol–water partition coefficient (Wildman–Crippen LogP) is 0.662. The highest BCUT2D eigenvalue weighted by molar-refractivity contribution is 5.88. The standard InChI is InChI=1S/C10H17N3O3/c1-5-8-9(10(14)16-4)11-12-13(8)6-7(2)15-3/h7H,5-6H2,1-4H3. The van der Waals surface area contributed by atoms with E-state index in [1.54, 1.807) is 11.8 Å². The van der Waals surface area contributed by atoms with E-state index in [1.165, 1.54) is 7.11 Å². The third-order valence-corrected chi connectivity index (χ3v) is 2.38. The van der Waals surface area contributed by atoms with E-state index in [-0.39, 0.29) is 11.8 Å². The number of esters is 1. The van der Waals surface area contributed by atoms with Crippen LogP contribution in [0.3, 0.4) is 0 Å². The van der Waals surface area contributed by atoms with Gasteiger partial charge >= 0.3 is 5.97 Å². The van der Waals surface area contributed by atoms with Crippen LogP contribution in [0.15, 0.2) is 0 Å². The maximum atomic E-state index is 11.4. The number of nitrogens with zero attached hydrogens (tertiary/aromatic N) is 3. The largest absolute Gasteiger partial charge is 0.464 e. The van der Waals surface area contributed by atoms with Crippen LogP contribution in [0.25, 0.3) is 0 Å². The Morgan fingerprint density at radius 3 is 2.69 bits per heavy atom. The summed E-state index contributed by atoms with van der Waals surface area (Å²) < 4.78 is 11.5. The van der Waals surface area contributed by atoms with Crippen molar-refractivity contribution in [1.29, 1.82) is 0 Å². The van der Waals surface area contributed by atoms with Crippen LogP contribution in [0.4, 0.5) is 0 Å². The second-order valence-corrected chi connectivity index (χ2v) is 3.46. The number of carbonyl (C=O) groups is 1. The second-order valence-electron chi connectivity index (χ2n) is 3.46. The second kappa shape index (κ2) is 5.60. The van der Waals surface area contributed by atoms with Crippen molar-refractivity contribution in [3.63, 3.8) is 0 Å². The first-order valence-electron chi connectivity index (χ1n) is 5.17. The Kier molecular flexibility index (Phi) is 4.42. The summed E-state index contributed by atoms with van der Waals surface area (Å²) in [6.45, 7) is 4.45. The van der Waals surface area contributed by atoms with Crippen molar-refractivity contribution >= 4 is 5.97 Å². The number of ether oxygens (including phenoxy) is 2. The molecule has 1 aromatic rings. The van der Waals surface area contributed by atoms with Crippen molar-refractivity contribution in [2.24, 2.45) is 0 Å². The summed E-state index contributed by atoms with van der Waals surface area (Å²) >= 11 is 0. The molecule has 0 amide bonds. The zero-order chi connectivity index (χ0) is 12.1. The Hall–Kier alpha value is -1.43. The van der Waals surface area contributed by atoms with Gasteiger partial charge in [0, 0.05) is 7.11 Å². The summed E-state index contributed by atoms with van der Waals surface area (Å²) in [5.41, 5.74) is 1.06. The molecule has 0 aliphatic rings. The van der Waals surface area contributed by atoms with E-state index in [9.17, 15) is 4.79 Å². The molecule has 0 aliphatic heterocycles. The Balaban J connectivity index is 2.94. The molecule has 1 aromatic heterocycles. The smallest absolute Gasteiger partial charge is 0.360 e. The number of rotatable bonds is 5. The number of methoxy groups -OCH3 is 2. The Bertz CT molecular complexity index is 362. The minimum absolute atomic E-state index is 0.0255. The lowest BCUT2D eigenvalue weighted by atomic mass is 10.2. The molecule has 1 atom stereocenters. The van der Waals surface area contributed by atoms with Crippen molar-refractivity contribution in [3.8, 4) is 0 Å². The minimum Gasteiger partial charge on any atom is -0.464 e. The highest BCUT2D eigenvalue weighted by atomic mass is 16.5. The fourth-order valence-electron chi connectivity index (χ4n) is 1.40. The zero-order valence-electron chi connectivity index (χ0n) is 10.1. The summed E-state index contributed by atoms with van der Waals surface area (Å²) in [5.74, 6) is -0.451. The van der Waals surface area contributed by atoms with Crippen LogP contribution in [0.2, 0.25) is 0 Å². The molecule has 1 unspecified atom stereocenters. The lowest BCUT2D eigenvalue weighted by molar-refractivity contribution is 0.0592. The van der Waals surface area contributed by atoms with E-state index in [0.29, 0.717) is 13.0 Å². The average Bonchev–Trinajstić information content (AvgIpc) is 2.70. The van der Waals surface area contributed by atoms with Gasteiger partial charge in [0.25, 0.3) is 0 Å². The lowest BCUT2D eigenvalue weighted by Gasteiger charge is -2.10. The average molecular weight is 227 g/mol. The molecule has 0 bridgehead atoms. The molecule has 0 N–H and O–H groups in total. The molecule has 0 aromatic carbocycles. The van der Waals surface area contributed by atoms with E-state index in [2.05, 4.69) is 15.0 Å². The third kappa shape index (κ3) is 2.57. The SMILES string of the molecule is CCc1c(C(=O)OC)nnn1CC(C)OC. The van der Waals surface area contributed by atoms with Crippen LogP contribution in [-0.4, -0.2) is 41.3 Å². The van der Waals surface area contributed by atoms with Gasteiger partial charge in [-0.05, 0) is 13.3 Å². The summed E-state index contributed by atoms with van der Waals surface area (Å²) in [4.78, 5) is 11.4. The summed E-state index contributed by atoms with van der Waals surface area (Å²) in [7, 11) is 2.97. The van der Waals surface area contributed by atoms with Gasteiger partial charge in [0.15, 0.2) is 5.69 Å². The van der Waals surface area contributed by atoms with Gasteiger partial charge < -0.3 is 9.47 Å². The minimum atomic E-state index is -0.451. The van der Waals surface area contributed by atoms with Crippen molar-refractivity contribution in [1.82, 2.24) is 15.0 Å². The molecule has 0 saturated heterocycles. The summed E-state index contributed by atoms with van der Waals surface area (Å²) in [5, 5.41) is 7.76. The Morgan fingerprint density at radius 2 is 2.19 bits per heavy atom. The first kappa shape index (κ1) is 12.6. The molecule has 0 aliphatic carbocycles. The van der Waals surface area contributed by atoms with Gasteiger partial charge in [-0.1, -0.05) is 12.1 Å². The molecule has 0 radical (unpaired) electrons. The Labute approximate surface area is 94.5 Å². The van der Waals surface area contributed by atoms with Crippen LogP contribution >= 0.6 is 0 Å².